The Labute approximate surface area is 212 Å². The van der Waals surface area contributed by atoms with E-state index in [0.29, 0.717) is 19.4 Å². The fourth-order valence-electron chi connectivity index (χ4n) is 4.25. The zero-order chi connectivity index (χ0) is 27.5. The fraction of sp³-hybridized carbons (Fsp3) is 0.739. The van der Waals surface area contributed by atoms with Gasteiger partial charge in [0.05, 0.1) is 12.3 Å². The van der Waals surface area contributed by atoms with Crippen molar-refractivity contribution in [3.8, 4) is 0 Å². The second-order valence-corrected chi connectivity index (χ2v) is 12.8. The van der Waals surface area contributed by atoms with Gasteiger partial charge in [-0.1, -0.05) is 26.8 Å². The maximum atomic E-state index is 12.8. The number of carboxylic acid groups (broad SMARTS) is 1. The molecule has 13 heteroatoms. The van der Waals surface area contributed by atoms with E-state index < -0.39 is 56.9 Å². The van der Waals surface area contributed by atoms with Gasteiger partial charge in [0.1, 0.15) is 11.6 Å². The van der Waals surface area contributed by atoms with Crippen LogP contribution in [0.3, 0.4) is 0 Å². The van der Waals surface area contributed by atoms with Crippen LogP contribution in [0.5, 0.6) is 0 Å². The van der Waals surface area contributed by atoms with Crippen LogP contribution in [0.2, 0.25) is 0 Å². The van der Waals surface area contributed by atoms with Gasteiger partial charge in [-0.25, -0.2) is 22.3 Å². The maximum absolute atomic E-state index is 12.8. The molecule has 0 bridgehead atoms. The van der Waals surface area contributed by atoms with Crippen molar-refractivity contribution in [1.82, 2.24) is 25.2 Å². The summed E-state index contributed by atoms with van der Waals surface area (Å²) in [4.78, 5) is 51.2. The topological polar surface area (TPSA) is 165 Å². The molecule has 204 valence electrons. The van der Waals surface area contributed by atoms with E-state index in [9.17, 15) is 32.7 Å². The van der Waals surface area contributed by atoms with Crippen LogP contribution in [-0.4, -0.2) is 96.6 Å². The molecule has 0 aromatic heterocycles. The predicted octanol–water partition coefficient (Wildman–Crippen LogP) is 0.118. The molecule has 1 aliphatic heterocycles. The molecule has 2 fully saturated rings. The predicted molar refractivity (Wildman–Crippen MR) is 133 cm³/mol. The third-order valence-corrected chi connectivity index (χ3v) is 8.76. The summed E-state index contributed by atoms with van der Waals surface area (Å²) in [6.45, 7) is 10.7. The average Bonchev–Trinajstić information content (AvgIpc) is 3.28. The van der Waals surface area contributed by atoms with Crippen molar-refractivity contribution in [3.05, 3.63) is 12.7 Å². The Hall–Kier alpha value is -2.67. The van der Waals surface area contributed by atoms with Crippen molar-refractivity contribution >= 4 is 33.8 Å². The number of carbonyl (C=O) groups excluding carboxylic acids is 3. The Morgan fingerprint density at radius 2 is 1.92 bits per heavy atom. The van der Waals surface area contributed by atoms with Crippen molar-refractivity contribution in [2.24, 2.45) is 11.3 Å². The number of sulfonamides is 1. The summed E-state index contributed by atoms with van der Waals surface area (Å²) < 4.78 is 25.5. The second kappa shape index (κ2) is 11.2. The van der Waals surface area contributed by atoms with Gasteiger partial charge in [-0.15, -0.1) is 6.58 Å². The molecule has 0 aromatic rings. The lowest BCUT2D eigenvalue weighted by Crippen LogP contribution is -2.56. The van der Waals surface area contributed by atoms with Gasteiger partial charge in [-0.2, -0.15) is 0 Å². The highest BCUT2D eigenvalue weighted by Crippen LogP contribution is 2.44. The molecule has 1 heterocycles. The van der Waals surface area contributed by atoms with E-state index in [2.05, 4.69) is 22.5 Å². The molecule has 2 aliphatic rings. The van der Waals surface area contributed by atoms with Crippen LogP contribution in [0.1, 0.15) is 47.0 Å². The minimum Gasteiger partial charge on any atom is -0.479 e. The standard InChI is InChI=1S/C23H39N5O7S/c1-7-15-12-23(15,20(31)32)26-19(30)16-10-9-11-28(16)18(29)13-24-21(33)25-17(22(3,4)5)14-27(6)36(34,35)8-2/h7,15-17H,1,8-14H2,2-6H3,(H,26,30)(H,31,32)(H2,24,25,33)/t15?,16-,17?,23+/m0/s1. The van der Waals surface area contributed by atoms with Gasteiger partial charge in [0, 0.05) is 32.1 Å². The molecular weight excluding hydrogens is 490 g/mol. The largest absolute Gasteiger partial charge is 0.479 e. The number of rotatable bonds is 11. The first kappa shape index (κ1) is 29.6. The highest BCUT2D eigenvalue weighted by Gasteiger charge is 2.61. The van der Waals surface area contributed by atoms with E-state index in [4.69, 9.17) is 0 Å². The summed E-state index contributed by atoms with van der Waals surface area (Å²) in [7, 11) is -1.99. The Bertz CT molecular complexity index is 993. The molecule has 0 spiro atoms. The summed E-state index contributed by atoms with van der Waals surface area (Å²) in [5, 5.41) is 17.3. The number of nitrogens with zero attached hydrogens (tertiary/aromatic N) is 2. The Morgan fingerprint density at radius 3 is 2.42 bits per heavy atom. The Morgan fingerprint density at radius 1 is 1.28 bits per heavy atom. The van der Waals surface area contributed by atoms with Crippen LogP contribution in [-0.2, 0) is 24.4 Å². The minimum atomic E-state index is -3.44. The highest BCUT2D eigenvalue weighted by molar-refractivity contribution is 7.89. The molecule has 4 atom stereocenters. The quantitative estimate of drug-likeness (QED) is 0.276. The van der Waals surface area contributed by atoms with E-state index in [-0.39, 0.29) is 31.2 Å². The number of urea groups is 1. The van der Waals surface area contributed by atoms with E-state index >= 15 is 0 Å². The fourth-order valence-corrected chi connectivity index (χ4v) is 5.07. The van der Waals surface area contributed by atoms with E-state index in [1.807, 2.05) is 20.8 Å². The Balaban J connectivity index is 1.96. The van der Waals surface area contributed by atoms with Crippen molar-refractivity contribution in [3.63, 3.8) is 0 Å². The monoisotopic (exact) mass is 529 g/mol. The molecule has 1 saturated heterocycles. The first-order valence-corrected chi connectivity index (χ1v) is 13.7. The molecule has 0 radical (unpaired) electrons. The summed E-state index contributed by atoms with van der Waals surface area (Å²) in [5.74, 6) is -2.57. The first-order chi connectivity index (χ1) is 16.6. The van der Waals surface area contributed by atoms with Crippen molar-refractivity contribution in [2.75, 3.05) is 32.4 Å². The molecule has 2 unspecified atom stereocenters. The van der Waals surface area contributed by atoms with Gasteiger partial charge in [0.15, 0.2) is 0 Å². The van der Waals surface area contributed by atoms with Gasteiger partial charge in [0.25, 0.3) is 0 Å². The number of hydrogen-bond donors (Lipinski definition) is 4. The molecule has 2 rings (SSSR count). The Kier molecular flexibility index (Phi) is 9.16. The molecule has 36 heavy (non-hydrogen) atoms. The summed E-state index contributed by atoms with van der Waals surface area (Å²) in [6, 6.07) is -1.99. The molecule has 1 aliphatic carbocycles. The van der Waals surface area contributed by atoms with Gasteiger partial charge in [0.2, 0.25) is 21.8 Å². The van der Waals surface area contributed by atoms with Crippen LogP contribution >= 0.6 is 0 Å². The van der Waals surface area contributed by atoms with Crippen molar-refractivity contribution in [1.29, 1.82) is 0 Å². The number of carboxylic acids is 1. The molecular formula is C23H39N5O7S. The lowest BCUT2D eigenvalue weighted by molar-refractivity contribution is -0.145. The van der Waals surface area contributed by atoms with Gasteiger partial charge in [-0.3, -0.25) is 9.59 Å². The minimum absolute atomic E-state index is 0.0619. The van der Waals surface area contributed by atoms with Crippen molar-refractivity contribution in [2.45, 2.75) is 64.6 Å². The third-order valence-electron chi connectivity index (χ3n) is 6.93. The molecule has 0 aromatic carbocycles. The maximum Gasteiger partial charge on any atom is 0.330 e. The smallest absolute Gasteiger partial charge is 0.330 e. The molecule has 1 saturated carbocycles. The number of likely N-dealkylation sites (tertiary alicyclic amines) is 1. The number of amides is 4. The van der Waals surface area contributed by atoms with Gasteiger partial charge < -0.3 is 26.0 Å². The normalized spacial score (nSPS) is 24.7. The van der Waals surface area contributed by atoms with E-state index in [0.717, 1.165) is 0 Å². The van der Waals surface area contributed by atoms with E-state index in [1.54, 1.807) is 6.92 Å². The van der Waals surface area contributed by atoms with Crippen LogP contribution in [0.15, 0.2) is 12.7 Å². The lowest BCUT2D eigenvalue weighted by atomic mass is 9.87. The number of likely N-dealkylation sites (N-methyl/N-ethyl adjacent to an activating group) is 1. The highest BCUT2D eigenvalue weighted by atomic mass is 32.2. The zero-order valence-electron chi connectivity index (χ0n) is 21.7. The van der Waals surface area contributed by atoms with Crippen LogP contribution in [0.4, 0.5) is 4.79 Å². The second-order valence-electron chi connectivity index (χ2n) is 10.5. The van der Waals surface area contributed by atoms with Crippen molar-refractivity contribution < 1.29 is 32.7 Å². The number of carbonyl (C=O) groups is 4. The van der Waals surface area contributed by atoms with Crippen LogP contribution in [0, 0.1) is 11.3 Å². The summed E-state index contributed by atoms with van der Waals surface area (Å²) in [6.07, 6.45) is 2.71. The summed E-state index contributed by atoms with van der Waals surface area (Å²) in [5.41, 5.74) is -1.85. The molecule has 12 nitrogen and oxygen atoms in total. The third kappa shape index (κ3) is 6.75. The zero-order valence-corrected chi connectivity index (χ0v) is 22.5. The molecule has 4 amide bonds. The van der Waals surface area contributed by atoms with Crippen LogP contribution < -0.4 is 16.0 Å². The summed E-state index contributed by atoms with van der Waals surface area (Å²) >= 11 is 0. The van der Waals surface area contributed by atoms with Gasteiger partial charge >= 0.3 is 12.0 Å². The lowest BCUT2D eigenvalue weighted by Gasteiger charge is -2.34. The number of aliphatic carboxylic acids is 1. The number of nitrogens with one attached hydrogen (secondary N) is 3. The molecule has 4 N–H and O–H groups in total. The first-order valence-electron chi connectivity index (χ1n) is 12.0. The number of hydrogen-bond acceptors (Lipinski definition) is 6. The SMILES string of the molecule is C=CC1C[C@]1(NC(=O)[C@@H]1CCCN1C(=O)CNC(=O)NC(CN(C)S(=O)(=O)CC)C(C)(C)C)C(=O)O. The van der Waals surface area contributed by atoms with Crippen LogP contribution in [0.25, 0.3) is 0 Å². The van der Waals surface area contributed by atoms with E-state index in [1.165, 1.54) is 22.3 Å². The average molecular weight is 530 g/mol. The van der Waals surface area contributed by atoms with Gasteiger partial charge in [-0.05, 0) is 31.6 Å².